The molecule has 3 aromatic heterocycles. The first-order valence-electron chi connectivity index (χ1n) is 6.55. The Balaban J connectivity index is 1.69. The van der Waals surface area contributed by atoms with Gasteiger partial charge in [0.2, 0.25) is 0 Å². The number of thiophene rings is 1. The number of nitrogens with one attached hydrogen (secondary N) is 2. The number of aromatic nitrogens is 3. The fraction of sp³-hybridized carbons (Fsp3) is 0.200. The highest BCUT2D eigenvalue weighted by molar-refractivity contribution is 7.13. The average molecular weight is 284 g/mol. The minimum atomic E-state index is 0.210. The van der Waals surface area contributed by atoms with Gasteiger partial charge in [-0.1, -0.05) is 12.1 Å². The van der Waals surface area contributed by atoms with Gasteiger partial charge in [-0.3, -0.25) is 10.1 Å². The summed E-state index contributed by atoms with van der Waals surface area (Å²) in [6.45, 7) is 2.88. The number of rotatable bonds is 5. The maximum absolute atomic E-state index is 4.37. The van der Waals surface area contributed by atoms with Crippen molar-refractivity contribution in [2.24, 2.45) is 0 Å². The number of hydrogen-bond acceptors (Lipinski definition) is 4. The van der Waals surface area contributed by atoms with Crippen molar-refractivity contribution in [3.63, 3.8) is 0 Å². The highest BCUT2D eigenvalue weighted by atomic mass is 32.1. The summed E-state index contributed by atoms with van der Waals surface area (Å²) >= 11 is 1.71. The third kappa shape index (κ3) is 2.79. The molecule has 0 aliphatic carbocycles. The molecule has 0 aliphatic heterocycles. The third-order valence-corrected chi connectivity index (χ3v) is 4.10. The van der Waals surface area contributed by atoms with Crippen LogP contribution >= 0.6 is 11.3 Å². The molecule has 0 bridgehead atoms. The maximum atomic E-state index is 4.37. The van der Waals surface area contributed by atoms with Gasteiger partial charge in [-0.25, -0.2) is 0 Å². The third-order valence-electron chi connectivity index (χ3n) is 3.22. The van der Waals surface area contributed by atoms with Crippen molar-refractivity contribution in [1.29, 1.82) is 0 Å². The molecule has 0 saturated carbocycles. The summed E-state index contributed by atoms with van der Waals surface area (Å²) in [6, 6.07) is 10.3. The summed E-state index contributed by atoms with van der Waals surface area (Å²) in [5.74, 6) is 0. The molecule has 0 saturated heterocycles. The van der Waals surface area contributed by atoms with Crippen LogP contribution in [0.4, 0.5) is 0 Å². The molecular formula is C15H16N4S. The molecule has 0 aromatic carbocycles. The van der Waals surface area contributed by atoms with Gasteiger partial charge in [-0.2, -0.15) is 5.10 Å². The van der Waals surface area contributed by atoms with Gasteiger partial charge in [0.05, 0.1) is 22.5 Å². The van der Waals surface area contributed by atoms with Crippen molar-refractivity contribution in [3.8, 4) is 10.6 Å². The molecule has 3 aromatic rings. The summed E-state index contributed by atoms with van der Waals surface area (Å²) in [7, 11) is 0. The van der Waals surface area contributed by atoms with Crippen LogP contribution in [0.25, 0.3) is 10.6 Å². The second kappa shape index (κ2) is 5.98. The van der Waals surface area contributed by atoms with Crippen molar-refractivity contribution in [1.82, 2.24) is 20.5 Å². The Kier molecular flexibility index (Phi) is 3.90. The molecule has 0 spiro atoms. The first-order chi connectivity index (χ1) is 9.84. The summed E-state index contributed by atoms with van der Waals surface area (Å²) in [5.41, 5.74) is 3.32. The standard InChI is InChI=1S/C15H16N4S/c1-11(13-5-2-3-7-16-13)17-9-12-10-18-19-15(12)14-6-4-8-20-14/h2-8,10-11,17H,9H2,1H3,(H,18,19). The molecular weight excluding hydrogens is 268 g/mol. The first-order valence-corrected chi connectivity index (χ1v) is 7.43. The summed E-state index contributed by atoms with van der Waals surface area (Å²) in [5, 5.41) is 12.8. The van der Waals surface area contributed by atoms with E-state index in [9.17, 15) is 0 Å². The lowest BCUT2D eigenvalue weighted by molar-refractivity contribution is 0.562. The van der Waals surface area contributed by atoms with E-state index in [-0.39, 0.29) is 6.04 Å². The van der Waals surface area contributed by atoms with Crippen LogP contribution in [0.3, 0.4) is 0 Å². The Hall–Kier alpha value is -1.98. The van der Waals surface area contributed by atoms with Crippen LogP contribution in [0.15, 0.2) is 48.1 Å². The molecule has 2 N–H and O–H groups in total. The normalized spacial score (nSPS) is 12.4. The lowest BCUT2D eigenvalue weighted by Crippen LogP contribution is -2.19. The van der Waals surface area contributed by atoms with E-state index in [0.29, 0.717) is 0 Å². The van der Waals surface area contributed by atoms with E-state index in [1.165, 1.54) is 10.4 Å². The number of nitrogens with zero attached hydrogens (tertiary/aromatic N) is 2. The zero-order valence-corrected chi connectivity index (χ0v) is 12.0. The smallest absolute Gasteiger partial charge is 0.0794 e. The van der Waals surface area contributed by atoms with Crippen molar-refractivity contribution in [3.05, 3.63) is 59.4 Å². The highest BCUT2D eigenvalue weighted by Gasteiger charge is 2.11. The molecule has 1 atom stereocenters. The number of H-pyrrole nitrogens is 1. The number of aromatic amines is 1. The van der Waals surface area contributed by atoms with Gasteiger partial charge >= 0.3 is 0 Å². The molecule has 102 valence electrons. The zero-order chi connectivity index (χ0) is 13.8. The van der Waals surface area contributed by atoms with Crippen LogP contribution in [-0.2, 0) is 6.54 Å². The Labute approximate surface area is 121 Å². The Morgan fingerprint density at radius 2 is 2.25 bits per heavy atom. The van der Waals surface area contributed by atoms with Crippen LogP contribution in [0, 0.1) is 0 Å². The fourth-order valence-corrected chi connectivity index (χ4v) is 2.83. The number of pyridine rings is 1. The van der Waals surface area contributed by atoms with E-state index in [0.717, 1.165) is 17.9 Å². The highest BCUT2D eigenvalue weighted by Crippen LogP contribution is 2.26. The quantitative estimate of drug-likeness (QED) is 0.755. The second-order valence-corrected chi connectivity index (χ2v) is 5.55. The van der Waals surface area contributed by atoms with E-state index in [1.54, 1.807) is 11.3 Å². The predicted octanol–water partition coefficient (Wildman–Crippen LogP) is 3.38. The molecule has 0 aliphatic rings. The molecule has 3 rings (SSSR count). The largest absolute Gasteiger partial charge is 0.305 e. The Morgan fingerprint density at radius 1 is 1.30 bits per heavy atom. The fourth-order valence-electron chi connectivity index (χ4n) is 2.08. The van der Waals surface area contributed by atoms with Gasteiger partial charge in [0, 0.05) is 24.3 Å². The maximum Gasteiger partial charge on any atom is 0.0794 e. The summed E-state index contributed by atoms with van der Waals surface area (Å²) in [4.78, 5) is 5.58. The Morgan fingerprint density at radius 3 is 3.00 bits per heavy atom. The monoisotopic (exact) mass is 284 g/mol. The first kappa shape index (κ1) is 13.0. The van der Waals surface area contributed by atoms with E-state index in [4.69, 9.17) is 0 Å². The van der Waals surface area contributed by atoms with E-state index in [1.807, 2.05) is 30.6 Å². The van der Waals surface area contributed by atoms with E-state index >= 15 is 0 Å². The average Bonchev–Trinajstić information content (AvgIpc) is 3.16. The van der Waals surface area contributed by atoms with Gasteiger partial charge in [-0.15, -0.1) is 11.3 Å². The van der Waals surface area contributed by atoms with Crippen molar-refractivity contribution < 1.29 is 0 Å². The number of hydrogen-bond donors (Lipinski definition) is 2. The van der Waals surface area contributed by atoms with Gasteiger partial charge in [0.15, 0.2) is 0 Å². The van der Waals surface area contributed by atoms with Crippen LogP contribution in [-0.4, -0.2) is 15.2 Å². The van der Waals surface area contributed by atoms with E-state index in [2.05, 4.69) is 44.9 Å². The van der Waals surface area contributed by atoms with Crippen molar-refractivity contribution in [2.45, 2.75) is 19.5 Å². The summed E-state index contributed by atoms with van der Waals surface area (Å²) < 4.78 is 0. The van der Waals surface area contributed by atoms with Gasteiger partial charge in [-0.05, 0) is 30.5 Å². The van der Waals surface area contributed by atoms with Gasteiger partial charge < -0.3 is 5.32 Å². The van der Waals surface area contributed by atoms with Crippen molar-refractivity contribution in [2.75, 3.05) is 0 Å². The molecule has 1 unspecified atom stereocenters. The van der Waals surface area contributed by atoms with E-state index < -0.39 is 0 Å². The lowest BCUT2D eigenvalue weighted by Gasteiger charge is -2.12. The molecule has 5 heteroatoms. The molecule has 0 fully saturated rings. The zero-order valence-electron chi connectivity index (χ0n) is 11.2. The van der Waals surface area contributed by atoms with Gasteiger partial charge in [0.25, 0.3) is 0 Å². The van der Waals surface area contributed by atoms with Crippen LogP contribution in [0.2, 0.25) is 0 Å². The predicted molar refractivity (Wildman–Crippen MR) is 81.4 cm³/mol. The van der Waals surface area contributed by atoms with Crippen LogP contribution < -0.4 is 5.32 Å². The molecule has 0 radical (unpaired) electrons. The van der Waals surface area contributed by atoms with Crippen LogP contribution in [0.1, 0.15) is 24.2 Å². The van der Waals surface area contributed by atoms with Gasteiger partial charge in [0.1, 0.15) is 0 Å². The minimum absolute atomic E-state index is 0.210. The lowest BCUT2D eigenvalue weighted by atomic mass is 10.2. The Bertz CT molecular complexity index is 646. The van der Waals surface area contributed by atoms with Crippen molar-refractivity contribution >= 4 is 11.3 Å². The molecule has 0 amide bonds. The topological polar surface area (TPSA) is 53.6 Å². The van der Waals surface area contributed by atoms with Crippen LogP contribution in [0.5, 0.6) is 0 Å². The minimum Gasteiger partial charge on any atom is -0.305 e. The SMILES string of the molecule is CC(NCc1cn[nH]c1-c1cccs1)c1ccccn1. The second-order valence-electron chi connectivity index (χ2n) is 4.60. The summed E-state index contributed by atoms with van der Waals surface area (Å²) in [6.07, 6.45) is 3.70. The molecule has 4 nitrogen and oxygen atoms in total. The molecule has 20 heavy (non-hydrogen) atoms. The molecule has 3 heterocycles.